The summed E-state index contributed by atoms with van der Waals surface area (Å²) in [6, 6.07) is 61.0. The maximum atomic E-state index is 5.05. The minimum atomic E-state index is 0.621. The molecule has 55 heavy (non-hydrogen) atoms. The zero-order valence-corrected chi connectivity index (χ0v) is 31.7. The van der Waals surface area contributed by atoms with Crippen LogP contribution >= 0.6 is 0 Å². The van der Waals surface area contributed by atoms with Crippen LogP contribution in [0.25, 0.3) is 50.1 Å². The summed E-state index contributed by atoms with van der Waals surface area (Å²) >= 11 is 0. The van der Waals surface area contributed by atoms with Crippen LogP contribution in [0.5, 0.6) is 0 Å². The smallest absolute Gasteiger partial charge is 0.128 e. The van der Waals surface area contributed by atoms with Crippen LogP contribution in [0, 0.1) is 0 Å². The summed E-state index contributed by atoms with van der Waals surface area (Å²) in [5.41, 5.74) is 22.9. The van der Waals surface area contributed by atoms with Crippen molar-refractivity contribution in [1.29, 1.82) is 0 Å². The van der Waals surface area contributed by atoms with E-state index < -0.39 is 0 Å². The molecule has 0 spiro atoms. The Hall–Kier alpha value is -6.55. The Kier molecular flexibility index (Phi) is 11.7. The molecule has 0 radical (unpaired) electrons. The van der Waals surface area contributed by atoms with Gasteiger partial charge in [0.05, 0.1) is 6.54 Å². The van der Waals surface area contributed by atoms with Crippen molar-refractivity contribution in [3.8, 4) is 44.5 Å². The third-order valence-electron chi connectivity index (χ3n) is 10.2. The molecule has 8 rings (SSSR count). The fraction of sp³-hybridized carbons (Fsp3) is 0.0962. The molecule has 7 aromatic rings. The second-order valence-corrected chi connectivity index (χ2v) is 13.6. The van der Waals surface area contributed by atoms with Gasteiger partial charge in [-0.1, -0.05) is 164 Å². The van der Waals surface area contributed by atoms with Crippen LogP contribution in [0.3, 0.4) is 0 Å². The van der Waals surface area contributed by atoms with E-state index in [9.17, 15) is 0 Å². The van der Waals surface area contributed by atoms with E-state index in [1.54, 1.807) is 0 Å². The first-order valence-corrected chi connectivity index (χ1v) is 19.0. The summed E-state index contributed by atoms with van der Waals surface area (Å²) in [5.74, 6) is 0.905. The molecule has 3 nitrogen and oxygen atoms in total. The van der Waals surface area contributed by atoms with Gasteiger partial charge in [-0.05, 0) is 123 Å². The summed E-state index contributed by atoms with van der Waals surface area (Å²) in [4.78, 5) is 5.05. The first-order valence-electron chi connectivity index (χ1n) is 19.0. The lowest BCUT2D eigenvalue weighted by Gasteiger charge is -2.15. The Morgan fingerprint density at radius 3 is 1.87 bits per heavy atom. The molecule has 0 amide bonds. The van der Waals surface area contributed by atoms with E-state index in [1.165, 1.54) is 73.8 Å². The van der Waals surface area contributed by atoms with Crippen LogP contribution < -0.4 is 11.1 Å². The number of nitrogens with zero attached hydrogens (tertiary/aromatic N) is 1. The highest BCUT2D eigenvalue weighted by molar-refractivity contribution is 5.99. The van der Waals surface area contributed by atoms with Crippen molar-refractivity contribution in [2.24, 2.45) is 10.7 Å². The largest absolute Gasteiger partial charge is 0.366 e. The molecule has 3 heteroatoms. The highest BCUT2D eigenvalue weighted by Gasteiger charge is 2.22. The van der Waals surface area contributed by atoms with E-state index in [0.29, 0.717) is 13.1 Å². The third-order valence-corrected chi connectivity index (χ3v) is 10.2. The Bertz CT molecular complexity index is 2440. The maximum Gasteiger partial charge on any atom is 0.128 e. The molecule has 0 bridgehead atoms. The number of nitrogens with two attached hydrogens (primary N) is 1. The molecule has 1 aliphatic rings. The Balaban J connectivity index is 0.00000229. The van der Waals surface area contributed by atoms with Crippen molar-refractivity contribution in [3.05, 3.63) is 222 Å². The van der Waals surface area contributed by atoms with Gasteiger partial charge in [-0.2, -0.15) is 0 Å². The molecular weight excluding hydrogens is 667 g/mol. The number of fused-ring (bicyclic) bond motifs is 3. The second kappa shape index (κ2) is 17.5. The van der Waals surface area contributed by atoms with E-state index in [1.807, 2.05) is 18.2 Å². The third kappa shape index (κ3) is 8.33. The lowest BCUT2D eigenvalue weighted by molar-refractivity contribution is 0.897. The molecule has 1 aliphatic carbocycles. The van der Waals surface area contributed by atoms with Gasteiger partial charge >= 0.3 is 0 Å². The molecule has 0 atom stereocenters. The number of allylic oxidation sites excluding steroid dienone is 3. The highest BCUT2D eigenvalue weighted by atomic mass is 15.0. The van der Waals surface area contributed by atoms with Gasteiger partial charge in [0.2, 0.25) is 0 Å². The average Bonchev–Trinajstić information content (AvgIpc) is 3.64. The second-order valence-electron chi connectivity index (χ2n) is 13.6. The van der Waals surface area contributed by atoms with Gasteiger partial charge in [0.15, 0.2) is 0 Å². The van der Waals surface area contributed by atoms with Crippen molar-refractivity contribution in [1.82, 2.24) is 5.32 Å². The summed E-state index contributed by atoms with van der Waals surface area (Å²) < 4.78 is 0. The van der Waals surface area contributed by atoms with Gasteiger partial charge < -0.3 is 11.1 Å². The van der Waals surface area contributed by atoms with Crippen molar-refractivity contribution in [2.75, 3.05) is 7.05 Å². The SMILES string of the molecule is C=C/C(=C\C)c1cc(-c2ccc(-c3ccccc3)cc2)cc(-c2ccc3c(c2)-c2c(CNC(=NCc4ccccc4)c4ccccc4)cccc2C3)c1.CN. The van der Waals surface area contributed by atoms with Crippen molar-refractivity contribution < 1.29 is 0 Å². The normalized spacial score (nSPS) is 11.9. The predicted octanol–water partition coefficient (Wildman–Crippen LogP) is 12.2. The Morgan fingerprint density at radius 2 is 1.20 bits per heavy atom. The number of benzene rings is 7. The molecule has 0 unspecified atom stereocenters. The first kappa shape index (κ1) is 36.8. The minimum Gasteiger partial charge on any atom is -0.366 e. The monoisotopic (exact) mass is 713 g/mol. The van der Waals surface area contributed by atoms with Gasteiger partial charge in [-0.25, -0.2) is 0 Å². The maximum absolute atomic E-state index is 5.05. The lowest BCUT2D eigenvalue weighted by Crippen LogP contribution is -2.24. The molecular formula is C52H47N3. The van der Waals surface area contributed by atoms with E-state index in [4.69, 9.17) is 4.99 Å². The molecule has 270 valence electrons. The van der Waals surface area contributed by atoms with E-state index in [-0.39, 0.29) is 0 Å². The molecule has 0 aromatic heterocycles. The number of aliphatic imine (C=N–C) groups is 1. The standard InChI is InChI=1S/C51H42N2.CH5N/c1-3-37(4-2)46-30-47(40-25-23-39(24-26-40)38-17-10-6-11-18-38)32-48(31-46)42-27-28-43-29-44-21-14-22-45(50(44)49(43)33-42)35-53-51(41-19-12-7-13-20-41)52-34-36-15-8-5-9-16-36;1-2/h3-28,30-33H,1,29,34-35H2,2H3,(H,52,53);2H2,1H3/b37-4+;. The van der Waals surface area contributed by atoms with Crippen molar-refractivity contribution in [3.63, 3.8) is 0 Å². The van der Waals surface area contributed by atoms with Gasteiger partial charge in [-0.15, -0.1) is 0 Å². The van der Waals surface area contributed by atoms with Gasteiger partial charge in [0.1, 0.15) is 5.84 Å². The van der Waals surface area contributed by atoms with E-state index >= 15 is 0 Å². The molecule has 0 aliphatic heterocycles. The fourth-order valence-electron chi connectivity index (χ4n) is 7.44. The number of rotatable bonds is 10. The summed E-state index contributed by atoms with van der Waals surface area (Å²) in [5, 5.41) is 3.74. The van der Waals surface area contributed by atoms with Crippen LogP contribution in [0.1, 0.15) is 40.3 Å². The van der Waals surface area contributed by atoms with E-state index in [2.05, 4.69) is 188 Å². The van der Waals surface area contributed by atoms with Gasteiger partial charge in [0.25, 0.3) is 0 Å². The fourth-order valence-corrected chi connectivity index (χ4v) is 7.44. The predicted molar refractivity (Wildman–Crippen MR) is 235 cm³/mol. The first-order chi connectivity index (χ1) is 27.2. The van der Waals surface area contributed by atoms with Gasteiger partial charge in [0, 0.05) is 12.1 Å². The van der Waals surface area contributed by atoms with Crippen LogP contribution in [-0.4, -0.2) is 12.9 Å². The zero-order chi connectivity index (χ0) is 38.0. The summed E-state index contributed by atoms with van der Waals surface area (Å²) in [6.07, 6.45) is 5.02. The number of amidine groups is 1. The summed E-state index contributed by atoms with van der Waals surface area (Å²) in [6.45, 7) is 7.51. The zero-order valence-electron chi connectivity index (χ0n) is 31.7. The average molecular weight is 714 g/mol. The number of hydrogen-bond acceptors (Lipinski definition) is 2. The van der Waals surface area contributed by atoms with Crippen molar-refractivity contribution in [2.45, 2.75) is 26.4 Å². The summed E-state index contributed by atoms with van der Waals surface area (Å²) in [7, 11) is 1.50. The Morgan fingerprint density at radius 1 is 0.600 bits per heavy atom. The minimum absolute atomic E-state index is 0.621. The highest BCUT2D eigenvalue weighted by Crippen LogP contribution is 2.42. The molecule has 0 heterocycles. The van der Waals surface area contributed by atoms with Crippen molar-refractivity contribution >= 4 is 11.4 Å². The molecule has 0 fully saturated rings. The molecule has 0 saturated heterocycles. The van der Waals surface area contributed by atoms with Crippen LogP contribution in [0.2, 0.25) is 0 Å². The quantitative estimate of drug-likeness (QED) is 0.0842. The number of hydrogen-bond donors (Lipinski definition) is 2. The van der Waals surface area contributed by atoms with Gasteiger partial charge in [-0.3, -0.25) is 4.99 Å². The Labute approximate surface area is 326 Å². The number of nitrogens with one attached hydrogen (secondary N) is 1. The van der Waals surface area contributed by atoms with Crippen LogP contribution in [-0.2, 0) is 19.5 Å². The molecule has 7 aromatic carbocycles. The molecule has 3 N–H and O–H groups in total. The molecule has 0 saturated carbocycles. The van der Waals surface area contributed by atoms with Crippen LogP contribution in [0.15, 0.2) is 194 Å². The van der Waals surface area contributed by atoms with Crippen LogP contribution in [0.4, 0.5) is 0 Å². The topological polar surface area (TPSA) is 50.4 Å². The van der Waals surface area contributed by atoms with E-state index in [0.717, 1.165) is 29.0 Å². The lowest BCUT2D eigenvalue weighted by atomic mass is 9.91.